The second kappa shape index (κ2) is 5.77. The van der Waals surface area contributed by atoms with E-state index in [1.807, 2.05) is 23.6 Å². The van der Waals surface area contributed by atoms with Crippen molar-refractivity contribution in [3.8, 4) is 5.75 Å². The number of ether oxygens (including phenoxy) is 1. The fourth-order valence-electron chi connectivity index (χ4n) is 1.62. The second-order valence-electron chi connectivity index (χ2n) is 3.67. The molecule has 90 valence electrons. The van der Waals surface area contributed by atoms with Gasteiger partial charge in [0.25, 0.3) is 0 Å². The van der Waals surface area contributed by atoms with Gasteiger partial charge < -0.3 is 4.74 Å². The van der Waals surface area contributed by atoms with Crippen LogP contribution in [0.4, 0.5) is 0 Å². The van der Waals surface area contributed by atoms with Crippen LogP contribution in [0.15, 0.2) is 36.0 Å². The third-order valence-corrected chi connectivity index (χ3v) is 3.59. The maximum Gasteiger partial charge on any atom is 0.129 e. The topological polar surface area (TPSA) is 60.2 Å². The molecule has 0 aliphatic carbocycles. The van der Waals surface area contributed by atoms with Crippen LogP contribution in [0.5, 0.6) is 5.75 Å². The van der Waals surface area contributed by atoms with E-state index in [9.17, 15) is 0 Å². The van der Waals surface area contributed by atoms with Crippen LogP contribution < -0.4 is 16.0 Å². The van der Waals surface area contributed by atoms with Gasteiger partial charge in [-0.2, -0.15) is 0 Å². The second-order valence-corrected chi connectivity index (χ2v) is 4.61. The molecule has 0 bridgehead atoms. The van der Waals surface area contributed by atoms with Gasteiger partial charge in [0, 0.05) is 22.7 Å². The fourth-order valence-corrected chi connectivity index (χ4v) is 2.54. The third-order valence-electron chi connectivity index (χ3n) is 2.57. The molecular formula is C12H15N3OS. The number of thiophene rings is 1. The van der Waals surface area contributed by atoms with Gasteiger partial charge in [0.05, 0.1) is 13.2 Å². The van der Waals surface area contributed by atoms with Gasteiger partial charge in [-0.05, 0) is 30.2 Å². The summed E-state index contributed by atoms with van der Waals surface area (Å²) in [6.45, 7) is 0. The number of methoxy groups -OCH3 is 1. The van der Waals surface area contributed by atoms with E-state index in [1.165, 1.54) is 10.4 Å². The van der Waals surface area contributed by atoms with Crippen molar-refractivity contribution in [3.63, 3.8) is 0 Å². The van der Waals surface area contributed by atoms with Crippen LogP contribution in [0.3, 0.4) is 0 Å². The average Bonchev–Trinajstić information content (AvgIpc) is 2.86. The monoisotopic (exact) mass is 249 g/mol. The molecule has 0 aromatic carbocycles. The molecule has 2 rings (SSSR count). The van der Waals surface area contributed by atoms with Gasteiger partial charge in [-0.25, -0.2) is 0 Å². The lowest BCUT2D eigenvalue weighted by Gasteiger charge is -2.13. The van der Waals surface area contributed by atoms with Crippen molar-refractivity contribution in [2.24, 2.45) is 5.84 Å². The molecule has 2 aromatic heterocycles. The number of hydrogen-bond acceptors (Lipinski definition) is 5. The first-order valence-electron chi connectivity index (χ1n) is 5.31. The predicted molar refractivity (Wildman–Crippen MR) is 68.9 cm³/mol. The first-order chi connectivity index (χ1) is 8.33. The Morgan fingerprint density at radius 2 is 2.24 bits per heavy atom. The van der Waals surface area contributed by atoms with Gasteiger partial charge in [-0.15, -0.1) is 11.3 Å². The molecule has 0 saturated carbocycles. The first kappa shape index (κ1) is 12.0. The largest absolute Gasteiger partial charge is 0.496 e. The van der Waals surface area contributed by atoms with Gasteiger partial charge in [0.2, 0.25) is 0 Å². The van der Waals surface area contributed by atoms with E-state index in [0.29, 0.717) is 0 Å². The first-order valence-corrected chi connectivity index (χ1v) is 6.19. The smallest absolute Gasteiger partial charge is 0.129 e. The van der Waals surface area contributed by atoms with Crippen LogP contribution in [-0.4, -0.2) is 12.1 Å². The number of nitrogens with two attached hydrogens (primary N) is 1. The van der Waals surface area contributed by atoms with Crippen molar-refractivity contribution < 1.29 is 4.74 Å². The predicted octanol–water partition coefficient (Wildman–Crippen LogP) is 1.90. The Balaban J connectivity index is 2.11. The van der Waals surface area contributed by atoms with E-state index in [2.05, 4.69) is 10.4 Å². The molecule has 1 unspecified atom stereocenters. The Kier molecular flexibility index (Phi) is 4.08. The van der Waals surface area contributed by atoms with Crippen LogP contribution in [-0.2, 0) is 6.42 Å². The highest BCUT2D eigenvalue weighted by molar-refractivity contribution is 7.10. The molecule has 0 aliphatic rings. The fraction of sp³-hybridized carbons (Fsp3) is 0.250. The van der Waals surface area contributed by atoms with Gasteiger partial charge in [-0.1, -0.05) is 0 Å². The van der Waals surface area contributed by atoms with Crippen molar-refractivity contribution in [1.29, 1.82) is 0 Å². The molecule has 2 heterocycles. The minimum atomic E-state index is 0.103. The molecule has 0 saturated heterocycles. The van der Waals surface area contributed by atoms with Crippen molar-refractivity contribution in [2.45, 2.75) is 12.5 Å². The lowest BCUT2D eigenvalue weighted by Crippen LogP contribution is -2.28. The van der Waals surface area contributed by atoms with Gasteiger partial charge in [-0.3, -0.25) is 16.3 Å². The maximum absolute atomic E-state index is 5.60. The Morgan fingerprint density at radius 3 is 2.82 bits per heavy atom. The molecule has 2 aromatic rings. The number of rotatable bonds is 5. The van der Waals surface area contributed by atoms with E-state index in [1.54, 1.807) is 30.8 Å². The van der Waals surface area contributed by atoms with E-state index in [4.69, 9.17) is 10.6 Å². The molecule has 1 atom stereocenters. The highest BCUT2D eigenvalue weighted by Gasteiger charge is 2.13. The highest BCUT2D eigenvalue weighted by Crippen LogP contribution is 2.28. The van der Waals surface area contributed by atoms with Gasteiger partial charge in [0.1, 0.15) is 5.75 Å². The van der Waals surface area contributed by atoms with E-state index in [0.717, 1.165) is 12.2 Å². The zero-order valence-corrected chi connectivity index (χ0v) is 10.4. The molecule has 0 amide bonds. The SMILES string of the molecule is COc1csc(C(Cc2ccncc2)NN)c1. The molecule has 4 nitrogen and oxygen atoms in total. The van der Waals surface area contributed by atoms with Crippen molar-refractivity contribution in [1.82, 2.24) is 10.4 Å². The molecule has 0 spiro atoms. The number of aromatic nitrogens is 1. The van der Waals surface area contributed by atoms with Crippen LogP contribution in [0.2, 0.25) is 0 Å². The Hall–Kier alpha value is -1.43. The lowest BCUT2D eigenvalue weighted by atomic mass is 10.1. The summed E-state index contributed by atoms with van der Waals surface area (Å²) >= 11 is 1.64. The van der Waals surface area contributed by atoms with Crippen LogP contribution >= 0.6 is 11.3 Å². The van der Waals surface area contributed by atoms with Crippen molar-refractivity contribution >= 4 is 11.3 Å². The Morgan fingerprint density at radius 1 is 1.47 bits per heavy atom. The summed E-state index contributed by atoms with van der Waals surface area (Å²) in [5.74, 6) is 6.48. The summed E-state index contributed by atoms with van der Waals surface area (Å²) in [6, 6.07) is 6.10. The number of nitrogens with one attached hydrogen (secondary N) is 1. The molecule has 5 heteroatoms. The standard InChI is InChI=1S/C12H15N3OS/c1-16-10-7-12(17-8-10)11(15-13)6-9-2-4-14-5-3-9/h2-5,7-8,11,15H,6,13H2,1H3. The molecule has 0 aliphatic heterocycles. The van der Waals surface area contributed by atoms with Crippen molar-refractivity contribution in [2.75, 3.05) is 7.11 Å². The summed E-state index contributed by atoms with van der Waals surface area (Å²) in [7, 11) is 1.67. The zero-order chi connectivity index (χ0) is 12.1. The molecule has 3 N–H and O–H groups in total. The number of nitrogens with zero attached hydrogens (tertiary/aromatic N) is 1. The number of pyridine rings is 1. The third kappa shape index (κ3) is 3.03. The number of hydrazine groups is 1. The van der Waals surface area contributed by atoms with Gasteiger partial charge >= 0.3 is 0 Å². The maximum atomic E-state index is 5.60. The van der Waals surface area contributed by atoms with Crippen LogP contribution in [0.1, 0.15) is 16.5 Å². The molecule has 17 heavy (non-hydrogen) atoms. The summed E-state index contributed by atoms with van der Waals surface area (Å²) in [6.07, 6.45) is 4.42. The zero-order valence-electron chi connectivity index (χ0n) is 9.59. The van der Waals surface area contributed by atoms with Crippen LogP contribution in [0.25, 0.3) is 0 Å². The summed E-state index contributed by atoms with van der Waals surface area (Å²) < 4.78 is 5.17. The Bertz CT molecular complexity index is 458. The number of hydrogen-bond donors (Lipinski definition) is 2. The molecular weight excluding hydrogens is 234 g/mol. The van der Waals surface area contributed by atoms with Gasteiger partial charge in [0.15, 0.2) is 0 Å². The lowest BCUT2D eigenvalue weighted by molar-refractivity contribution is 0.415. The molecule has 0 fully saturated rings. The highest BCUT2D eigenvalue weighted by atomic mass is 32.1. The van der Waals surface area contributed by atoms with Crippen molar-refractivity contribution in [3.05, 3.63) is 46.4 Å². The Labute approximate surface area is 104 Å². The van der Waals surface area contributed by atoms with E-state index in [-0.39, 0.29) is 6.04 Å². The normalized spacial score (nSPS) is 12.4. The molecule has 0 radical (unpaired) electrons. The van der Waals surface area contributed by atoms with E-state index >= 15 is 0 Å². The summed E-state index contributed by atoms with van der Waals surface area (Å²) in [5, 5.41) is 1.98. The quantitative estimate of drug-likeness (QED) is 0.627. The minimum Gasteiger partial charge on any atom is -0.496 e. The average molecular weight is 249 g/mol. The summed E-state index contributed by atoms with van der Waals surface area (Å²) in [4.78, 5) is 5.17. The van der Waals surface area contributed by atoms with Crippen LogP contribution in [0, 0.1) is 0 Å². The van der Waals surface area contributed by atoms with E-state index < -0.39 is 0 Å². The summed E-state index contributed by atoms with van der Waals surface area (Å²) in [5.41, 5.74) is 4.04. The minimum absolute atomic E-state index is 0.103.